The molecule has 1 heterocycles. The first-order valence-electron chi connectivity index (χ1n) is 7.73. The number of hydrogen-bond acceptors (Lipinski definition) is 3. The first kappa shape index (κ1) is 17.9. The molecular weight excluding hydrogens is 328 g/mol. The second-order valence-electron chi connectivity index (χ2n) is 5.30. The van der Waals surface area contributed by atoms with E-state index in [1.807, 2.05) is 26.0 Å². The molecule has 1 amide bonds. The maximum absolute atomic E-state index is 12.9. The molecule has 0 radical (unpaired) electrons. The number of carboxylic acid groups (broad SMARTS) is 1. The molecular formula is C18H19ClN2O3. The van der Waals surface area contributed by atoms with Gasteiger partial charge in [0, 0.05) is 18.9 Å². The van der Waals surface area contributed by atoms with Crippen LogP contribution in [0.5, 0.6) is 0 Å². The van der Waals surface area contributed by atoms with E-state index in [0.717, 1.165) is 12.0 Å². The van der Waals surface area contributed by atoms with Gasteiger partial charge in [0.05, 0.1) is 22.2 Å². The van der Waals surface area contributed by atoms with Crippen molar-refractivity contribution < 1.29 is 14.7 Å². The fraction of sp³-hybridized carbons (Fsp3) is 0.278. The molecule has 1 aromatic carbocycles. The van der Waals surface area contributed by atoms with Crippen LogP contribution in [0.2, 0.25) is 5.02 Å². The van der Waals surface area contributed by atoms with E-state index in [1.165, 1.54) is 18.2 Å². The van der Waals surface area contributed by atoms with Crippen molar-refractivity contribution in [3.05, 3.63) is 64.4 Å². The molecule has 2 rings (SSSR count). The molecule has 0 aliphatic carbocycles. The summed E-state index contributed by atoms with van der Waals surface area (Å²) in [6.45, 7) is 4.42. The normalized spacial score (nSPS) is 11.8. The van der Waals surface area contributed by atoms with Gasteiger partial charge in [-0.25, -0.2) is 4.79 Å². The first-order valence-corrected chi connectivity index (χ1v) is 8.11. The predicted octanol–water partition coefficient (Wildman–Crippen LogP) is 4.05. The van der Waals surface area contributed by atoms with Crippen molar-refractivity contribution in [2.75, 3.05) is 6.54 Å². The minimum Gasteiger partial charge on any atom is -0.478 e. The number of aromatic carboxylic acids is 1. The summed E-state index contributed by atoms with van der Waals surface area (Å²) in [5.41, 5.74) is 1.36. The molecule has 24 heavy (non-hydrogen) atoms. The smallest absolute Gasteiger partial charge is 0.335 e. The number of carbonyl (C=O) groups excluding carboxylic acids is 1. The molecule has 0 fully saturated rings. The van der Waals surface area contributed by atoms with E-state index in [-0.39, 0.29) is 22.5 Å². The second-order valence-corrected chi connectivity index (χ2v) is 5.70. The standard InChI is InChI=1S/C18H19ClN2O3/c1-3-16(12-7-9-20-10-8-12)21(4-2)17(22)14-6-5-13(18(23)24)11-15(14)19/h5-11,16H,3-4H2,1-2H3,(H,23,24). The molecule has 5 nitrogen and oxygen atoms in total. The Morgan fingerprint density at radius 1 is 1.21 bits per heavy atom. The van der Waals surface area contributed by atoms with Gasteiger partial charge in [-0.3, -0.25) is 9.78 Å². The Morgan fingerprint density at radius 2 is 1.88 bits per heavy atom. The molecule has 0 saturated heterocycles. The number of carbonyl (C=O) groups is 2. The zero-order chi connectivity index (χ0) is 17.7. The predicted molar refractivity (Wildman–Crippen MR) is 92.4 cm³/mol. The molecule has 126 valence electrons. The highest BCUT2D eigenvalue weighted by Gasteiger charge is 2.25. The van der Waals surface area contributed by atoms with Crippen LogP contribution in [0.25, 0.3) is 0 Å². The topological polar surface area (TPSA) is 70.5 Å². The number of nitrogens with zero attached hydrogens (tertiary/aromatic N) is 2. The molecule has 0 spiro atoms. The summed E-state index contributed by atoms with van der Waals surface area (Å²) in [5.74, 6) is -1.30. The van der Waals surface area contributed by atoms with Gasteiger partial charge in [0.15, 0.2) is 0 Å². The zero-order valence-electron chi connectivity index (χ0n) is 13.6. The summed E-state index contributed by atoms with van der Waals surface area (Å²) in [6.07, 6.45) is 4.14. The third kappa shape index (κ3) is 3.74. The van der Waals surface area contributed by atoms with Gasteiger partial charge in [-0.2, -0.15) is 0 Å². The van der Waals surface area contributed by atoms with Crippen LogP contribution in [0.4, 0.5) is 0 Å². The Bertz CT molecular complexity index is 734. The van der Waals surface area contributed by atoms with Crippen molar-refractivity contribution in [1.29, 1.82) is 0 Å². The number of aromatic nitrogens is 1. The maximum Gasteiger partial charge on any atom is 0.335 e. The number of rotatable bonds is 6. The Morgan fingerprint density at radius 3 is 2.38 bits per heavy atom. The van der Waals surface area contributed by atoms with Crippen LogP contribution in [-0.2, 0) is 0 Å². The lowest BCUT2D eigenvalue weighted by Gasteiger charge is -2.31. The molecule has 0 bridgehead atoms. The summed E-state index contributed by atoms with van der Waals surface area (Å²) >= 11 is 6.14. The average molecular weight is 347 g/mol. The molecule has 1 unspecified atom stereocenters. The lowest BCUT2D eigenvalue weighted by atomic mass is 10.0. The highest BCUT2D eigenvalue weighted by atomic mass is 35.5. The lowest BCUT2D eigenvalue weighted by Crippen LogP contribution is -2.34. The third-order valence-electron chi connectivity index (χ3n) is 3.90. The number of amides is 1. The van der Waals surface area contributed by atoms with Crippen LogP contribution in [0.1, 0.15) is 52.6 Å². The monoisotopic (exact) mass is 346 g/mol. The van der Waals surface area contributed by atoms with Gasteiger partial charge in [0.25, 0.3) is 5.91 Å². The van der Waals surface area contributed by atoms with Crippen LogP contribution in [0.15, 0.2) is 42.7 Å². The molecule has 0 aliphatic rings. The molecule has 1 aromatic heterocycles. The van der Waals surface area contributed by atoms with E-state index < -0.39 is 5.97 Å². The summed E-state index contributed by atoms with van der Waals surface area (Å²) < 4.78 is 0. The SMILES string of the molecule is CCC(c1ccncc1)N(CC)C(=O)c1ccc(C(=O)O)cc1Cl. The van der Waals surface area contributed by atoms with Crippen molar-refractivity contribution in [3.8, 4) is 0 Å². The number of halogens is 1. The maximum atomic E-state index is 12.9. The second kappa shape index (κ2) is 7.93. The van der Waals surface area contributed by atoms with Crippen molar-refractivity contribution in [2.24, 2.45) is 0 Å². The third-order valence-corrected chi connectivity index (χ3v) is 4.21. The van der Waals surface area contributed by atoms with E-state index in [9.17, 15) is 9.59 Å². The van der Waals surface area contributed by atoms with Gasteiger partial charge in [-0.15, -0.1) is 0 Å². The highest BCUT2D eigenvalue weighted by Crippen LogP contribution is 2.28. The van der Waals surface area contributed by atoms with Crippen molar-refractivity contribution in [3.63, 3.8) is 0 Å². The highest BCUT2D eigenvalue weighted by molar-refractivity contribution is 6.34. The van der Waals surface area contributed by atoms with E-state index in [1.54, 1.807) is 17.3 Å². The fourth-order valence-electron chi connectivity index (χ4n) is 2.70. The Balaban J connectivity index is 2.36. The van der Waals surface area contributed by atoms with Gasteiger partial charge in [-0.05, 0) is 49.2 Å². The van der Waals surface area contributed by atoms with Crippen LogP contribution < -0.4 is 0 Å². The minimum atomic E-state index is -1.08. The Labute approximate surface area is 145 Å². The number of hydrogen-bond donors (Lipinski definition) is 1. The fourth-order valence-corrected chi connectivity index (χ4v) is 2.96. The van der Waals surface area contributed by atoms with E-state index >= 15 is 0 Å². The first-order chi connectivity index (χ1) is 11.5. The summed E-state index contributed by atoms with van der Waals surface area (Å²) in [7, 11) is 0. The largest absolute Gasteiger partial charge is 0.478 e. The van der Waals surface area contributed by atoms with Gasteiger partial charge in [0.2, 0.25) is 0 Å². The van der Waals surface area contributed by atoms with Gasteiger partial charge < -0.3 is 10.0 Å². The molecule has 0 aliphatic heterocycles. The number of pyridine rings is 1. The molecule has 1 N–H and O–H groups in total. The average Bonchev–Trinajstić information content (AvgIpc) is 2.59. The molecule has 1 atom stereocenters. The summed E-state index contributed by atoms with van der Waals surface area (Å²) in [4.78, 5) is 29.7. The van der Waals surface area contributed by atoms with Gasteiger partial charge in [0.1, 0.15) is 0 Å². The summed E-state index contributed by atoms with van der Waals surface area (Å²) in [6, 6.07) is 7.84. The molecule has 2 aromatic rings. The Kier molecular flexibility index (Phi) is 5.93. The van der Waals surface area contributed by atoms with Crippen LogP contribution >= 0.6 is 11.6 Å². The van der Waals surface area contributed by atoms with Gasteiger partial charge in [-0.1, -0.05) is 18.5 Å². The number of carboxylic acids is 1. The quantitative estimate of drug-likeness (QED) is 0.856. The number of benzene rings is 1. The molecule has 0 saturated carbocycles. The Hall–Kier alpha value is -2.40. The van der Waals surface area contributed by atoms with E-state index in [0.29, 0.717) is 12.1 Å². The van der Waals surface area contributed by atoms with Crippen molar-refractivity contribution >= 4 is 23.5 Å². The van der Waals surface area contributed by atoms with E-state index in [2.05, 4.69) is 4.98 Å². The summed E-state index contributed by atoms with van der Waals surface area (Å²) in [5, 5.41) is 9.15. The van der Waals surface area contributed by atoms with Crippen LogP contribution in [0.3, 0.4) is 0 Å². The molecule has 6 heteroatoms. The van der Waals surface area contributed by atoms with Crippen LogP contribution in [-0.4, -0.2) is 33.4 Å². The van der Waals surface area contributed by atoms with E-state index in [4.69, 9.17) is 16.7 Å². The minimum absolute atomic E-state index is 0.0563. The van der Waals surface area contributed by atoms with Crippen LogP contribution in [0, 0.1) is 0 Å². The van der Waals surface area contributed by atoms with Crippen molar-refractivity contribution in [1.82, 2.24) is 9.88 Å². The lowest BCUT2D eigenvalue weighted by molar-refractivity contribution is 0.0674. The zero-order valence-corrected chi connectivity index (χ0v) is 14.3. The van der Waals surface area contributed by atoms with Gasteiger partial charge >= 0.3 is 5.97 Å². The van der Waals surface area contributed by atoms with Crippen molar-refractivity contribution in [2.45, 2.75) is 26.3 Å².